The molecule has 0 aliphatic carbocycles. The highest BCUT2D eigenvalue weighted by Gasteiger charge is 2.10. The zero-order chi connectivity index (χ0) is 14.0. The van der Waals surface area contributed by atoms with Crippen LogP contribution in [0, 0.1) is 28.8 Å². The third-order valence-electron chi connectivity index (χ3n) is 2.38. The molecule has 0 unspecified atom stereocenters. The fraction of sp³-hybridized carbons (Fsp3) is 0. The number of nitriles is 1. The van der Waals surface area contributed by atoms with Gasteiger partial charge in [0.2, 0.25) is 0 Å². The summed E-state index contributed by atoms with van der Waals surface area (Å²) < 4.78 is 39.7. The second-order valence-electron chi connectivity index (χ2n) is 3.67. The van der Waals surface area contributed by atoms with E-state index in [9.17, 15) is 13.2 Å². The van der Waals surface area contributed by atoms with Crippen molar-refractivity contribution in [2.75, 3.05) is 5.32 Å². The minimum atomic E-state index is -0.811. The zero-order valence-corrected chi connectivity index (χ0v) is 10.9. The average molecular weight is 327 g/mol. The largest absolute Gasteiger partial charge is 0.352 e. The molecule has 0 aliphatic rings. The van der Waals surface area contributed by atoms with Gasteiger partial charge in [0.1, 0.15) is 23.5 Å². The van der Waals surface area contributed by atoms with Crippen LogP contribution in [0.2, 0.25) is 0 Å². The lowest BCUT2D eigenvalue weighted by Crippen LogP contribution is -1.98. The average Bonchev–Trinajstić information content (AvgIpc) is 2.37. The number of halogens is 4. The van der Waals surface area contributed by atoms with Crippen LogP contribution in [0.4, 0.5) is 24.5 Å². The Balaban J connectivity index is 2.42. The fourth-order valence-electron chi connectivity index (χ4n) is 1.48. The first kappa shape index (κ1) is 13.4. The summed E-state index contributed by atoms with van der Waals surface area (Å²) in [5.41, 5.74) is 0.248. The molecule has 0 spiro atoms. The van der Waals surface area contributed by atoms with E-state index in [0.29, 0.717) is 6.07 Å². The monoisotopic (exact) mass is 326 g/mol. The molecule has 2 aromatic carbocycles. The molecule has 0 amide bonds. The highest BCUT2D eigenvalue weighted by Crippen LogP contribution is 2.28. The van der Waals surface area contributed by atoms with E-state index in [-0.39, 0.29) is 21.4 Å². The Labute approximate surface area is 115 Å². The quantitative estimate of drug-likeness (QED) is 0.826. The molecule has 1 N–H and O–H groups in total. The first-order chi connectivity index (χ1) is 9.01. The van der Waals surface area contributed by atoms with Crippen LogP contribution >= 0.6 is 15.9 Å². The SMILES string of the molecule is N#Cc1cc(F)ccc1Nc1cc(Br)c(F)cc1F. The van der Waals surface area contributed by atoms with Crippen LogP contribution in [-0.4, -0.2) is 0 Å². The molecule has 2 rings (SSSR count). The maximum Gasteiger partial charge on any atom is 0.149 e. The molecule has 0 fully saturated rings. The van der Waals surface area contributed by atoms with E-state index in [4.69, 9.17) is 5.26 Å². The Morgan fingerprint density at radius 2 is 1.74 bits per heavy atom. The second kappa shape index (κ2) is 5.33. The van der Waals surface area contributed by atoms with Gasteiger partial charge in [0, 0.05) is 6.07 Å². The predicted octanol–water partition coefficient (Wildman–Crippen LogP) is 4.48. The fourth-order valence-corrected chi connectivity index (χ4v) is 1.82. The van der Waals surface area contributed by atoms with Gasteiger partial charge in [0.25, 0.3) is 0 Å². The van der Waals surface area contributed by atoms with Crippen LogP contribution < -0.4 is 5.32 Å². The van der Waals surface area contributed by atoms with Crippen molar-refractivity contribution < 1.29 is 13.2 Å². The van der Waals surface area contributed by atoms with Gasteiger partial charge in [-0.3, -0.25) is 0 Å². The molecule has 0 saturated heterocycles. The minimum absolute atomic E-state index is 0.0172. The Bertz CT molecular complexity index is 680. The van der Waals surface area contributed by atoms with Gasteiger partial charge in [-0.05, 0) is 40.2 Å². The van der Waals surface area contributed by atoms with Crippen molar-refractivity contribution in [2.45, 2.75) is 0 Å². The summed E-state index contributed by atoms with van der Waals surface area (Å²) >= 11 is 2.93. The van der Waals surface area contributed by atoms with Crippen molar-refractivity contribution in [3.8, 4) is 6.07 Å². The summed E-state index contributed by atoms with van der Waals surface area (Å²) in [7, 11) is 0. The lowest BCUT2D eigenvalue weighted by Gasteiger charge is -2.10. The van der Waals surface area contributed by atoms with Crippen molar-refractivity contribution >= 4 is 27.3 Å². The van der Waals surface area contributed by atoms with Gasteiger partial charge in [0.05, 0.1) is 21.4 Å². The summed E-state index contributed by atoms with van der Waals surface area (Å²) in [6.07, 6.45) is 0. The van der Waals surface area contributed by atoms with Gasteiger partial charge >= 0.3 is 0 Å². The van der Waals surface area contributed by atoms with E-state index in [0.717, 1.165) is 12.1 Å². The van der Waals surface area contributed by atoms with Crippen molar-refractivity contribution in [3.63, 3.8) is 0 Å². The zero-order valence-electron chi connectivity index (χ0n) is 9.35. The van der Waals surface area contributed by atoms with Gasteiger partial charge in [-0.25, -0.2) is 13.2 Å². The third kappa shape index (κ3) is 2.88. The highest BCUT2D eigenvalue weighted by molar-refractivity contribution is 9.10. The summed E-state index contributed by atoms with van der Waals surface area (Å²) in [6, 6.07) is 7.18. The van der Waals surface area contributed by atoms with Gasteiger partial charge in [0.15, 0.2) is 0 Å². The first-order valence-electron chi connectivity index (χ1n) is 5.12. The van der Waals surface area contributed by atoms with Crippen LogP contribution in [-0.2, 0) is 0 Å². The molecule has 2 aromatic rings. The van der Waals surface area contributed by atoms with E-state index in [1.807, 2.05) is 0 Å². The molecule has 0 aromatic heterocycles. The Morgan fingerprint density at radius 1 is 1.00 bits per heavy atom. The van der Waals surface area contributed by atoms with Crippen LogP contribution in [0.5, 0.6) is 0 Å². The Hall–Kier alpha value is -2.00. The van der Waals surface area contributed by atoms with E-state index in [1.165, 1.54) is 12.1 Å². The van der Waals surface area contributed by atoms with Gasteiger partial charge in [-0.2, -0.15) is 5.26 Å². The van der Waals surface area contributed by atoms with Crippen molar-refractivity contribution in [1.29, 1.82) is 5.26 Å². The molecule has 19 heavy (non-hydrogen) atoms. The molecular formula is C13H6BrF3N2. The number of nitrogens with one attached hydrogen (secondary N) is 1. The van der Waals surface area contributed by atoms with Crippen molar-refractivity contribution in [1.82, 2.24) is 0 Å². The van der Waals surface area contributed by atoms with Crippen molar-refractivity contribution in [3.05, 3.63) is 57.8 Å². The van der Waals surface area contributed by atoms with Gasteiger partial charge in [-0.15, -0.1) is 0 Å². The third-order valence-corrected chi connectivity index (χ3v) is 2.99. The number of anilines is 2. The lowest BCUT2D eigenvalue weighted by atomic mass is 10.1. The maximum absolute atomic E-state index is 13.6. The molecule has 96 valence electrons. The number of nitrogens with zero attached hydrogens (tertiary/aromatic N) is 1. The van der Waals surface area contributed by atoms with E-state index in [1.54, 1.807) is 6.07 Å². The Kier molecular flexibility index (Phi) is 3.76. The first-order valence-corrected chi connectivity index (χ1v) is 5.92. The number of hydrogen-bond acceptors (Lipinski definition) is 2. The number of hydrogen-bond donors (Lipinski definition) is 1. The maximum atomic E-state index is 13.6. The van der Waals surface area contributed by atoms with E-state index in [2.05, 4.69) is 21.2 Å². The molecule has 2 nitrogen and oxygen atoms in total. The van der Waals surface area contributed by atoms with Crippen molar-refractivity contribution in [2.24, 2.45) is 0 Å². The molecule has 0 radical (unpaired) electrons. The Morgan fingerprint density at radius 3 is 2.42 bits per heavy atom. The summed E-state index contributed by atoms with van der Waals surface area (Å²) in [6.45, 7) is 0. The summed E-state index contributed by atoms with van der Waals surface area (Å²) in [5, 5.41) is 11.5. The molecule has 0 heterocycles. The molecule has 6 heteroatoms. The smallest absolute Gasteiger partial charge is 0.149 e. The highest BCUT2D eigenvalue weighted by atomic mass is 79.9. The molecular weight excluding hydrogens is 321 g/mol. The number of benzene rings is 2. The predicted molar refractivity (Wildman–Crippen MR) is 68.5 cm³/mol. The topological polar surface area (TPSA) is 35.8 Å². The molecule has 0 bridgehead atoms. The minimum Gasteiger partial charge on any atom is -0.352 e. The van der Waals surface area contributed by atoms with E-state index >= 15 is 0 Å². The standard InChI is InChI=1S/C13H6BrF3N2/c14-9-4-13(11(17)5-10(9)16)19-12-2-1-8(15)3-7(12)6-18/h1-5,19H. The summed E-state index contributed by atoms with van der Waals surface area (Å²) in [4.78, 5) is 0. The molecule has 0 atom stereocenters. The van der Waals surface area contributed by atoms with Crippen LogP contribution in [0.3, 0.4) is 0 Å². The molecule has 0 aliphatic heterocycles. The van der Waals surface area contributed by atoms with Gasteiger partial charge in [-0.1, -0.05) is 0 Å². The van der Waals surface area contributed by atoms with E-state index < -0.39 is 17.5 Å². The number of rotatable bonds is 2. The second-order valence-corrected chi connectivity index (χ2v) is 4.53. The van der Waals surface area contributed by atoms with Crippen LogP contribution in [0.1, 0.15) is 5.56 Å². The lowest BCUT2D eigenvalue weighted by molar-refractivity contribution is 0.581. The normalized spacial score (nSPS) is 10.1. The summed E-state index contributed by atoms with van der Waals surface area (Å²) in [5.74, 6) is -2.11. The van der Waals surface area contributed by atoms with Crippen LogP contribution in [0.15, 0.2) is 34.8 Å². The molecule has 0 saturated carbocycles. The van der Waals surface area contributed by atoms with Gasteiger partial charge < -0.3 is 5.32 Å². The van der Waals surface area contributed by atoms with Crippen LogP contribution in [0.25, 0.3) is 0 Å².